The van der Waals surface area contributed by atoms with Crippen molar-refractivity contribution in [1.29, 1.82) is 0 Å². The molecular formula is C18H21NO2. The summed E-state index contributed by atoms with van der Waals surface area (Å²) in [6, 6.07) is 15.6. The van der Waals surface area contributed by atoms with Crippen molar-refractivity contribution in [3.63, 3.8) is 0 Å². The first-order valence-electron chi connectivity index (χ1n) is 7.24. The molecule has 110 valence electrons. The first-order chi connectivity index (χ1) is 10.2. The van der Waals surface area contributed by atoms with Crippen LogP contribution in [0.4, 0.5) is 0 Å². The Morgan fingerprint density at radius 1 is 1.05 bits per heavy atom. The lowest BCUT2D eigenvalue weighted by Gasteiger charge is -2.19. The maximum absolute atomic E-state index is 12.5. The minimum Gasteiger partial charge on any atom is -0.496 e. The molecule has 0 aliphatic heterocycles. The average molecular weight is 283 g/mol. The van der Waals surface area contributed by atoms with Crippen LogP contribution in [0, 0.1) is 0 Å². The SMILES string of the molecule is CCN(CC)C(=O)c1ccc(OC)c(-c2ccccc2)c1. The summed E-state index contributed by atoms with van der Waals surface area (Å²) in [6.45, 7) is 5.40. The molecule has 0 heterocycles. The number of carbonyl (C=O) groups excluding carboxylic acids is 1. The Bertz CT molecular complexity index is 604. The Labute approximate surface area is 126 Å². The highest BCUT2D eigenvalue weighted by atomic mass is 16.5. The first-order valence-corrected chi connectivity index (χ1v) is 7.24. The van der Waals surface area contributed by atoms with Gasteiger partial charge in [-0.3, -0.25) is 4.79 Å². The van der Waals surface area contributed by atoms with Crippen LogP contribution in [-0.2, 0) is 0 Å². The molecule has 0 aliphatic carbocycles. The van der Waals surface area contributed by atoms with Crippen molar-refractivity contribution in [2.45, 2.75) is 13.8 Å². The lowest BCUT2D eigenvalue weighted by Crippen LogP contribution is -2.30. The van der Waals surface area contributed by atoms with Crippen molar-refractivity contribution in [2.75, 3.05) is 20.2 Å². The molecule has 0 aromatic heterocycles. The molecule has 1 amide bonds. The number of carbonyl (C=O) groups is 1. The standard InChI is InChI=1S/C18H21NO2/c1-4-19(5-2)18(20)15-11-12-17(21-3)16(13-15)14-9-7-6-8-10-14/h6-13H,4-5H2,1-3H3. The molecule has 2 aromatic rings. The zero-order chi connectivity index (χ0) is 15.2. The van der Waals surface area contributed by atoms with E-state index < -0.39 is 0 Å². The van der Waals surface area contributed by atoms with Gasteiger partial charge < -0.3 is 9.64 Å². The zero-order valence-electron chi connectivity index (χ0n) is 12.8. The largest absolute Gasteiger partial charge is 0.496 e. The van der Waals surface area contributed by atoms with Gasteiger partial charge >= 0.3 is 0 Å². The van der Waals surface area contributed by atoms with Gasteiger partial charge in [-0.25, -0.2) is 0 Å². The van der Waals surface area contributed by atoms with Gasteiger partial charge in [0.05, 0.1) is 7.11 Å². The molecule has 0 bridgehead atoms. The Hall–Kier alpha value is -2.29. The lowest BCUT2D eigenvalue weighted by molar-refractivity contribution is 0.0773. The second-order valence-corrected chi connectivity index (χ2v) is 4.76. The number of hydrogen-bond donors (Lipinski definition) is 0. The number of nitrogens with zero attached hydrogens (tertiary/aromatic N) is 1. The number of methoxy groups -OCH3 is 1. The van der Waals surface area contributed by atoms with Crippen molar-refractivity contribution in [3.8, 4) is 16.9 Å². The molecule has 0 fully saturated rings. The Morgan fingerprint density at radius 3 is 2.29 bits per heavy atom. The van der Waals surface area contributed by atoms with Gasteiger partial charge in [0, 0.05) is 24.2 Å². The summed E-state index contributed by atoms with van der Waals surface area (Å²) in [5, 5.41) is 0. The maximum atomic E-state index is 12.5. The summed E-state index contributed by atoms with van der Waals surface area (Å²) in [4.78, 5) is 14.3. The topological polar surface area (TPSA) is 29.5 Å². The third-order valence-electron chi connectivity index (χ3n) is 3.58. The van der Waals surface area contributed by atoms with Crippen molar-refractivity contribution < 1.29 is 9.53 Å². The second kappa shape index (κ2) is 6.93. The van der Waals surface area contributed by atoms with Crippen LogP contribution in [0.2, 0.25) is 0 Å². The van der Waals surface area contributed by atoms with Gasteiger partial charge in [-0.15, -0.1) is 0 Å². The van der Waals surface area contributed by atoms with Gasteiger partial charge in [0.15, 0.2) is 0 Å². The molecule has 21 heavy (non-hydrogen) atoms. The van der Waals surface area contributed by atoms with E-state index in [-0.39, 0.29) is 5.91 Å². The predicted octanol–water partition coefficient (Wildman–Crippen LogP) is 3.84. The number of rotatable bonds is 5. The first kappa shape index (κ1) is 15.1. The molecule has 0 unspecified atom stereocenters. The molecule has 0 spiro atoms. The van der Waals surface area contributed by atoms with E-state index in [2.05, 4.69) is 0 Å². The van der Waals surface area contributed by atoms with Gasteiger partial charge in [0.25, 0.3) is 5.91 Å². The third kappa shape index (κ3) is 3.24. The molecule has 3 heteroatoms. The summed E-state index contributed by atoms with van der Waals surface area (Å²) in [6.07, 6.45) is 0. The fourth-order valence-electron chi connectivity index (χ4n) is 2.38. The van der Waals surface area contributed by atoms with E-state index in [0.29, 0.717) is 18.7 Å². The van der Waals surface area contributed by atoms with E-state index in [1.165, 1.54) is 0 Å². The third-order valence-corrected chi connectivity index (χ3v) is 3.58. The average Bonchev–Trinajstić information content (AvgIpc) is 2.56. The monoisotopic (exact) mass is 283 g/mol. The fourth-order valence-corrected chi connectivity index (χ4v) is 2.38. The molecule has 3 nitrogen and oxygen atoms in total. The van der Waals surface area contributed by atoms with Crippen LogP contribution in [-0.4, -0.2) is 31.0 Å². The van der Waals surface area contributed by atoms with E-state index >= 15 is 0 Å². The Kier molecular flexibility index (Phi) is 4.99. The summed E-state index contributed by atoms with van der Waals surface area (Å²) in [7, 11) is 1.65. The van der Waals surface area contributed by atoms with E-state index in [4.69, 9.17) is 4.74 Å². The van der Waals surface area contributed by atoms with Crippen LogP contribution in [0.25, 0.3) is 11.1 Å². The van der Waals surface area contributed by atoms with E-state index in [0.717, 1.165) is 16.9 Å². The minimum atomic E-state index is 0.0554. The highest BCUT2D eigenvalue weighted by Gasteiger charge is 2.15. The van der Waals surface area contributed by atoms with Gasteiger partial charge in [-0.1, -0.05) is 30.3 Å². The van der Waals surface area contributed by atoms with Crippen LogP contribution < -0.4 is 4.74 Å². The summed E-state index contributed by atoms with van der Waals surface area (Å²) in [5.74, 6) is 0.831. The zero-order valence-corrected chi connectivity index (χ0v) is 12.8. The Morgan fingerprint density at radius 2 is 1.71 bits per heavy atom. The fraction of sp³-hybridized carbons (Fsp3) is 0.278. The van der Waals surface area contributed by atoms with Crippen molar-refractivity contribution >= 4 is 5.91 Å². The lowest BCUT2D eigenvalue weighted by atomic mass is 10.0. The van der Waals surface area contributed by atoms with Crippen molar-refractivity contribution in [1.82, 2.24) is 4.90 Å². The van der Waals surface area contributed by atoms with Crippen LogP contribution in [0.5, 0.6) is 5.75 Å². The van der Waals surface area contributed by atoms with E-state index in [1.807, 2.05) is 67.3 Å². The van der Waals surface area contributed by atoms with Crippen LogP contribution in [0.3, 0.4) is 0 Å². The van der Waals surface area contributed by atoms with Crippen LogP contribution in [0.1, 0.15) is 24.2 Å². The smallest absolute Gasteiger partial charge is 0.253 e. The molecule has 0 saturated heterocycles. The number of amides is 1. The molecule has 0 aliphatic rings. The predicted molar refractivity (Wildman–Crippen MR) is 85.7 cm³/mol. The Balaban J connectivity index is 2.45. The highest BCUT2D eigenvalue weighted by molar-refractivity contribution is 5.96. The van der Waals surface area contributed by atoms with Gasteiger partial charge in [0.1, 0.15) is 5.75 Å². The molecule has 2 aromatic carbocycles. The number of benzene rings is 2. The highest BCUT2D eigenvalue weighted by Crippen LogP contribution is 2.31. The summed E-state index contributed by atoms with van der Waals surface area (Å²) in [5.41, 5.74) is 2.68. The molecule has 2 rings (SSSR count). The normalized spacial score (nSPS) is 10.2. The molecule has 0 radical (unpaired) electrons. The van der Waals surface area contributed by atoms with E-state index in [9.17, 15) is 4.79 Å². The molecular weight excluding hydrogens is 262 g/mol. The van der Waals surface area contributed by atoms with E-state index in [1.54, 1.807) is 7.11 Å². The van der Waals surface area contributed by atoms with Gasteiger partial charge in [-0.2, -0.15) is 0 Å². The molecule has 0 atom stereocenters. The number of hydrogen-bond acceptors (Lipinski definition) is 2. The molecule has 0 saturated carbocycles. The van der Waals surface area contributed by atoms with Gasteiger partial charge in [-0.05, 0) is 37.6 Å². The van der Waals surface area contributed by atoms with Crippen molar-refractivity contribution in [3.05, 3.63) is 54.1 Å². The van der Waals surface area contributed by atoms with Crippen LogP contribution in [0.15, 0.2) is 48.5 Å². The van der Waals surface area contributed by atoms with Crippen molar-refractivity contribution in [2.24, 2.45) is 0 Å². The number of ether oxygens (including phenoxy) is 1. The minimum absolute atomic E-state index is 0.0554. The second-order valence-electron chi connectivity index (χ2n) is 4.76. The van der Waals surface area contributed by atoms with Crippen LogP contribution >= 0.6 is 0 Å². The summed E-state index contributed by atoms with van der Waals surface area (Å²) >= 11 is 0. The molecule has 0 N–H and O–H groups in total. The summed E-state index contributed by atoms with van der Waals surface area (Å²) < 4.78 is 5.42. The maximum Gasteiger partial charge on any atom is 0.253 e. The van der Waals surface area contributed by atoms with Gasteiger partial charge in [0.2, 0.25) is 0 Å². The quantitative estimate of drug-likeness (QED) is 0.834.